The van der Waals surface area contributed by atoms with Gasteiger partial charge in [0.15, 0.2) is 0 Å². The standard InChI is InChI=1S/C9H17NO3S/c1-4-14(12,13)10-6-5-8(11)7-9(10,2)3/h4-7H2,1-3H3. The molecule has 0 unspecified atom stereocenters. The van der Waals surface area contributed by atoms with Crippen molar-refractivity contribution in [2.24, 2.45) is 0 Å². The Hall–Kier alpha value is -0.420. The molecule has 0 aliphatic carbocycles. The normalized spacial score (nSPS) is 23.8. The van der Waals surface area contributed by atoms with Crippen LogP contribution in [0.25, 0.3) is 0 Å². The molecular weight excluding hydrogens is 202 g/mol. The number of hydrogen-bond donors (Lipinski definition) is 0. The number of nitrogens with zero attached hydrogens (tertiary/aromatic N) is 1. The SMILES string of the molecule is CCS(=O)(=O)N1CCC(=O)CC1(C)C. The predicted octanol–water partition coefficient (Wildman–Crippen LogP) is 0.780. The van der Waals surface area contributed by atoms with Crippen molar-refractivity contribution in [3.05, 3.63) is 0 Å². The van der Waals surface area contributed by atoms with Gasteiger partial charge in [-0.25, -0.2) is 8.42 Å². The van der Waals surface area contributed by atoms with Crippen molar-refractivity contribution < 1.29 is 13.2 Å². The zero-order valence-corrected chi connectivity index (χ0v) is 9.73. The topological polar surface area (TPSA) is 54.5 Å². The van der Waals surface area contributed by atoms with Crippen molar-refractivity contribution in [2.75, 3.05) is 12.3 Å². The maximum Gasteiger partial charge on any atom is 0.214 e. The Bertz CT molecular complexity index is 332. The van der Waals surface area contributed by atoms with Crippen LogP contribution in [0.4, 0.5) is 0 Å². The molecule has 1 aliphatic rings. The van der Waals surface area contributed by atoms with Gasteiger partial charge in [0, 0.05) is 24.9 Å². The molecule has 1 saturated heterocycles. The van der Waals surface area contributed by atoms with E-state index in [1.807, 2.05) is 0 Å². The fourth-order valence-electron chi connectivity index (χ4n) is 1.86. The zero-order valence-electron chi connectivity index (χ0n) is 8.91. The number of ketones is 1. The van der Waals surface area contributed by atoms with Crippen molar-refractivity contribution >= 4 is 15.8 Å². The van der Waals surface area contributed by atoms with Crippen LogP contribution in [0.2, 0.25) is 0 Å². The minimum absolute atomic E-state index is 0.102. The molecular formula is C9H17NO3S. The van der Waals surface area contributed by atoms with Gasteiger partial charge in [-0.2, -0.15) is 4.31 Å². The number of carbonyl (C=O) groups excluding carboxylic acids is 1. The minimum atomic E-state index is -3.17. The van der Waals surface area contributed by atoms with Crippen LogP contribution in [0, 0.1) is 0 Å². The Kier molecular flexibility index (Phi) is 3.02. The highest BCUT2D eigenvalue weighted by Gasteiger charge is 2.39. The van der Waals surface area contributed by atoms with Gasteiger partial charge in [0.05, 0.1) is 5.75 Å². The molecule has 0 bridgehead atoms. The third-order valence-electron chi connectivity index (χ3n) is 2.60. The van der Waals surface area contributed by atoms with E-state index in [-0.39, 0.29) is 11.5 Å². The van der Waals surface area contributed by atoms with Crippen molar-refractivity contribution in [1.29, 1.82) is 0 Å². The average Bonchev–Trinajstić information content (AvgIpc) is 2.01. The van der Waals surface area contributed by atoms with E-state index >= 15 is 0 Å². The molecule has 5 heteroatoms. The molecule has 1 rings (SSSR count). The largest absolute Gasteiger partial charge is 0.300 e. The number of carbonyl (C=O) groups is 1. The number of rotatable bonds is 2. The molecule has 1 heterocycles. The summed E-state index contributed by atoms with van der Waals surface area (Å²) in [6.07, 6.45) is 0.675. The molecule has 0 radical (unpaired) electrons. The van der Waals surface area contributed by atoms with E-state index in [0.717, 1.165) is 0 Å². The van der Waals surface area contributed by atoms with Crippen molar-refractivity contribution in [2.45, 2.75) is 39.2 Å². The van der Waals surface area contributed by atoms with Crippen LogP contribution in [-0.4, -0.2) is 36.3 Å². The summed E-state index contributed by atoms with van der Waals surface area (Å²) < 4.78 is 24.8. The van der Waals surface area contributed by atoms with Crippen molar-refractivity contribution in [3.8, 4) is 0 Å². The second kappa shape index (κ2) is 3.62. The van der Waals surface area contributed by atoms with Crippen LogP contribution < -0.4 is 0 Å². The molecule has 4 nitrogen and oxygen atoms in total. The predicted molar refractivity (Wildman–Crippen MR) is 54.5 cm³/mol. The van der Waals surface area contributed by atoms with Gasteiger partial charge in [-0.1, -0.05) is 0 Å². The van der Waals surface area contributed by atoms with Crippen molar-refractivity contribution in [3.63, 3.8) is 0 Å². The Morgan fingerprint density at radius 1 is 1.43 bits per heavy atom. The number of piperidine rings is 1. The second-order valence-corrected chi connectivity index (χ2v) is 6.43. The van der Waals surface area contributed by atoms with E-state index in [1.165, 1.54) is 4.31 Å². The second-order valence-electron chi connectivity index (χ2n) is 4.25. The molecule has 0 aromatic carbocycles. The van der Waals surface area contributed by atoms with Gasteiger partial charge in [0.25, 0.3) is 0 Å². The molecule has 0 aromatic rings. The third kappa shape index (κ3) is 2.15. The first-order valence-corrected chi connectivity index (χ1v) is 6.43. The zero-order chi connectivity index (χ0) is 11.0. The Morgan fingerprint density at radius 2 is 2.00 bits per heavy atom. The minimum Gasteiger partial charge on any atom is -0.300 e. The summed E-state index contributed by atoms with van der Waals surface area (Å²) in [5, 5.41) is 0. The average molecular weight is 219 g/mol. The summed E-state index contributed by atoms with van der Waals surface area (Å²) in [7, 11) is -3.17. The third-order valence-corrected chi connectivity index (χ3v) is 4.68. The maximum absolute atomic E-state index is 11.7. The Balaban J connectivity index is 2.96. The highest BCUT2D eigenvalue weighted by Crippen LogP contribution is 2.28. The van der Waals surface area contributed by atoms with Crippen LogP contribution in [0.15, 0.2) is 0 Å². The molecule has 1 aliphatic heterocycles. The van der Waals surface area contributed by atoms with E-state index in [1.54, 1.807) is 20.8 Å². The fourth-order valence-corrected chi connectivity index (χ4v) is 3.36. The molecule has 14 heavy (non-hydrogen) atoms. The summed E-state index contributed by atoms with van der Waals surface area (Å²) in [6, 6.07) is 0. The lowest BCUT2D eigenvalue weighted by Gasteiger charge is -2.40. The molecule has 1 fully saturated rings. The Morgan fingerprint density at radius 3 is 2.43 bits per heavy atom. The van der Waals surface area contributed by atoms with Gasteiger partial charge in [-0.15, -0.1) is 0 Å². The summed E-state index contributed by atoms with van der Waals surface area (Å²) >= 11 is 0. The van der Waals surface area contributed by atoms with E-state index in [9.17, 15) is 13.2 Å². The fraction of sp³-hybridized carbons (Fsp3) is 0.889. The molecule has 0 N–H and O–H groups in total. The monoisotopic (exact) mass is 219 g/mol. The lowest BCUT2D eigenvalue weighted by atomic mass is 9.92. The molecule has 0 amide bonds. The van der Waals surface area contributed by atoms with Crippen LogP contribution in [0.1, 0.15) is 33.6 Å². The summed E-state index contributed by atoms with van der Waals surface area (Å²) in [5.41, 5.74) is -0.551. The Labute approximate surface area is 85.3 Å². The summed E-state index contributed by atoms with van der Waals surface area (Å²) in [6.45, 7) is 5.57. The van der Waals surface area contributed by atoms with Gasteiger partial charge >= 0.3 is 0 Å². The van der Waals surface area contributed by atoms with E-state index in [4.69, 9.17) is 0 Å². The van der Waals surface area contributed by atoms with Crippen LogP contribution in [0.3, 0.4) is 0 Å². The van der Waals surface area contributed by atoms with Gasteiger partial charge in [0.1, 0.15) is 5.78 Å². The smallest absolute Gasteiger partial charge is 0.214 e. The van der Waals surface area contributed by atoms with Gasteiger partial charge < -0.3 is 0 Å². The molecule has 0 saturated carbocycles. The quantitative estimate of drug-likeness (QED) is 0.689. The number of sulfonamides is 1. The van der Waals surface area contributed by atoms with Crippen LogP contribution in [-0.2, 0) is 14.8 Å². The highest BCUT2D eigenvalue weighted by atomic mass is 32.2. The lowest BCUT2D eigenvalue weighted by Crippen LogP contribution is -2.53. The first-order valence-electron chi connectivity index (χ1n) is 4.82. The van der Waals surface area contributed by atoms with Gasteiger partial charge in [0.2, 0.25) is 10.0 Å². The molecule has 82 valence electrons. The van der Waals surface area contributed by atoms with E-state index < -0.39 is 15.6 Å². The first-order chi connectivity index (χ1) is 6.29. The van der Waals surface area contributed by atoms with E-state index in [0.29, 0.717) is 19.4 Å². The van der Waals surface area contributed by atoms with E-state index in [2.05, 4.69) is 0 Å². The molecule has 0 spiro atoms. The van der Waals surface area contributed by atoms with Crippen LogP contribution in [0.5, 0.6) is 0 Å². The molecule has 0 aromatic heterocycles. The maximum atomic E-state index is 11.7. The van der Waals surface area contributed by atoms with Gasteiger partial charge in [-0.05, 0) is 20.8 Å². The molecule has 0 atom stereocenters. The summed E-state index contributed by atoms with van der Waals surface area (Å²) in [4.78, 5) is 11.2. The summed E-state index contributed by atoms with van der Waals surface area (Å²) in [5.74, 6) is 0.252. The van der Waals surface area contributed by atoms with Gasteiger partial charge in [-0.3, -0.25) is 4.79 Å². The first kappa shape index (κ1) is 11.7. The van der Waals surface area contributed by atoms with Crippen LogP contribution >= 0.6 is 0 Å². The number of Topliss-reactive ketones (excluding diaryl/α,β-unsaturated/α-hetero) is 1. The lowest BCUT2D eigenvalue weighted by molar-refractivity contribution is -0.123. The number of hydrogen-bond acceptors (Lipinski definition) is 3. The highest BCUT2D eigenvalue weighted by molar-refractivity contribution is 7.89. The van der Waals surface area contributed by atoms with Crippen molar-refractivity contribution in [1.82, 2.24) is 4.31 Å².